The van der Waals surface area contributed by atoms with Gasteiger partial charge in [0.25, 0.3) is 0 Å². The van der Waals surface area contributed by atoms with Crippen LogP contribution in [0.3, 0.4) is 0 Å². The SMILES string of the molecule is CC(=O)OCOC(=O)NC(C)C. The van der Waals surface area contributed by atoms with Gasteiger partial charge in [-0.1, -0.05) is 0 Å². The molecule has 1 amide bonds. The summed E-state index contributed by atoms with van der Waals surface area (Å²) in [6.45, 7) is 4.50. The summed E-state index contributed by atoms with van der Waals surface area (Å²) in [5.74, 6) is -0.479. The van der Waals surface area contributed by atoms with Crippen molar-refractivity contribution in [1.82, 2.24) is 5.32 Å². The Hall–Kier alpha value is -1.26. The van der Waals surface area contributed by atoms with Crippen LogP contribution in [0.1, 0.15) is 20.8 Å². The van der Waals surface area contributed by atoms with Gasteiger partial charge in [-0.25, -0.2) is 4.79 Å². The number of hydrogen-bond donors (Lipinski definition) is 1. The molecule has 0 bridgehead atoms. The number of ether oxygens (including phenoxy) is 2. The van der Waals surface area contributed by atoms with Gasteiger partial charge < -0.3 is 14.8 Å². The minimum atomic E-state index is -0.591. The van der Waals surface area contributed by atoms with E-state index in [1.807, 2.05) is 0 Å². The molecule has 0 aromatic carbocycles. The Kier molecular flexibility index (Phi) is 4.83. The lowest BCUT2D eigenvalue weighted by Crippen LogP contribution is -2.31. The van der Waals surface area contributed by atoms with Crippen LogP contribution in [-0.2, 0) is 14.3 Å². The van der Waals surface area contributed by atoms with Crippen LogP contribution in [0.4, 0.5) is 4.79 Å². The van der Waals surface area contributed by atoms with Crippen molar-refractivity contribution in [3.05, 3.63) is 0 Å². The van der Waals surface area contributed by atoms with Crippen LogP contribution < -0.4 is 5.32 Å². The molecule has 5 heteroatoms. The second-order valence-corrected chi connectivity index (χ2v) is 2.48. The van der Waals surface area contributed by atoms with Gasteiger partial charge >= 0.3 is 12.1 Å². The molecule has 0 aromatic heterocycles. The fraction of sp³-hybridized carbons (Fsp3) is 0.714. The van der Waals surface area contributed by atoms with Crippen molar-refractivity contribution in [2.45, 2.75) is 26.8 Å². The largest absolute Gasteiger partial charge is 0.428 e. The average Bonchev–Trinajstić information content (AvgIpc) is 1.84. The van der Waals surface area contributed by atoms with Gasteiger partial charge in [0.05, 0.1) is 0 Å². The average molecular weight is 175 g/mol. The van der Waals surface area contributed by atoms with Crippen molar-refractivity contribution >= 4 is 12.1 Å². The summed E-state index contributed by atoms with van der Waals surface area (Å²) in [5, 5.41) is 2.46. The van der Waals surface area contributed by atoms with Gasteiger partial charge in [0.2, 0.25) is 6.79 Å². The standard InChI is InChI=1S/C7H13NO4/c1-5(2)8-7(10)12-4-11-6(3)9/h5H,4H2,1-3H3,(H,8,10). The Morgan fingerprint density at radius 2 is 1.92 bits per heavy atom. The highest BCUT2D eigenvalue weighted by molar-refractivity contribution is 5.68. The van der Waals surface area contributed by atoms with Crippen molar-refractivity contribution in [2.75, 3.05) is 6.79 Å². The van der Waals surface area contributed by atoms with Gasteiger partial charge in [0.15, 0.2) is 0 Å². The number of esters is 1. The quantitative estimate of drug-likeness (QED) is 0.505. The van der Waals surface area contributed by atoms with Gasteiger partial charge in [0, 0.05) is 13.0 Å². The molecule has 0 aliphatic heterocycles. The first-order valence-corrected chi connectivity index (χ1v) is 3.59. The van der Waals surface area contributed by atoms with Crippen molar-refractivity contribution < 1.29 is 19.1 Å². The molecule has 1 N–H and O–H groups in total. The number of nitrogens with one attached hydrogen (secondary N) is 1. The van der Waals surface area contributed by atoms with Crippen molar-refractivity contribution in [3.63, 3.8) is 0 Å². The fourth-order valence-corrected chi connectivity index (χ4v) is 0.443. The molecule has 0 aliphatic rings. The number of carbonyl (C=O) groups is 2. The predicted octanol–water partition coefficient (Wildman–Crippen LogP) is 0.642. The van der Waals surface area contributed by atoms with Gasteiger partial charge in [-0.05, 0) is 13.8 Å². The molecule has 0 heterocycles. The molecule has 0 saturated heterocycles. The highest BCUT2D eigenvalue weighted by Gasteiger charge is 2.03. The van der Waals surface area contributed by atoms with Gasteiger partial charge in [0.1, 0.15) is 0 Å². The van der Waals surface area contributed by atoms with E-state index in [1.54, 1.807) is 13.8 Å². The minimum Gasteiger partial charge on any atom is -0.428 e. The first kappa shape index (κ1) is 10.7. The van der Waals surface area contributed by atoms with Crippen LogP contribution in [0.2, 0.25) is 0 Å². The Balaban J connectivity index is 3.38. The number of alkyl carbamates (subject to hydrolysis) is 1. The Labute approximate surface area is 71.0 Å². The molecule has 5 nitrogen and oxygen atoms in total. The highest BCUT2D eigenvalue weighted by Crippen LogP contribution is 1.84. The van der Waals surface area contributed by atoms with E-state index in [2.05, 4.69) is 14.8 Å². The number of rotatable bonds is 3. The van der Waals surface area contributed by atoms with E-state index >= 15 is 0 Å². The second-order valence-electron chi connectivity index (χ2n) is 2.48. The van der Waals surface area contributed by atoms with E-state index < -0.39 is 12.1 Å². The summed E-state index contributed by atoms with van der Waals surface area (Å²) in [4.78, 5) is 20.9. The van der Waals surface area contributed by atoms with Crippen molar-refractivity contribution in [2.24, 2.45) is 0 Å². The topological polar surface area (TPSA) is 64.6 Å². The molecule has 0 unspecified atom stereocenters. The molecule has 12 heavy (non-hydrogen) atoms. The fourth-order valence-electron chi connectivity index (χ4n) is 0.443. The summed E-state index contributed by atoms with van der Waals surface area (Å²) >= 11 is 0. The zero-order valence-corrected chi connectivity index (χ0v) is 7.42. The zero-order valence-electron chi connectivity index (χ0n) is 7.42. The third-order valence-corrected chi connectivity index (χ3v) is 0.859. The summed E-state index contributed by atoms with van der Waals surface area (Å²) < 4.78 is 8.84. The summed E-state index contributed by atoms with van der Waals surface area (Å²) in [5.41, 5.74) is 0. The van der Waals surface area contributed by atoms with E-state index in [-0.39, 0.29) is 12.8 Å². The third kappa shape index (κ3) is 6.85. The molecule has 0 radical (unpaired) electrons. The maximum absolute atomic E-state index is 10.7. The van der Waals surface area contributed by atoms with Gasteiger partial charge in [-0.2, -0.15) is 0 Å². The van der Waals surface area contributed by atoms with Crippen LogP contribution in [0.25, 0.3) is 0 Å². The molecule has 0 aromatic rings. The monoisotopic (exact) mass is 175 g/mol. The molecular formula is C7H13NO4. The van der Waals surface area contributed by atoms with Crippen LogP contribution in [-0.4, -0.2) is 24.9 Å². The molecule has 0 fully saturated rings. The predicted molar refractivity (Wildman–Crippen MR) is 41.4 cm³/mol. The maximum atomic E-state index is 10.7. The summed E-state index contributed by atoms with van der Waals surface area (Å²) in [7, 11) is 0. The van der Waals surface area contributed by atoms with E-state index in [1.165, 1.54) is 6.92 Å². The first-order valence-electron chi connectivity index (χ1n) is 3.59. The molecule has 0 rings (SSSR count). The molecule has 0 saturated carbocycles. The minimum absolute atomic E-state index is 0.00910. The Morgan fingerprint density at radius 1 is 1.33 bits per heavy atom. The number of carbonyl (C=O) groups excluding carboxylic acids is 2. The van der Waals surface area contributed by atoms with Crippen LogP contribution >= 0.6 is 0 Å². The smallest absolute Gasteiger partial charge is 0.410 e. The lowest BCUT2D eigenvalue weighted by atomic mass is 10.4. The lowest BCUT2D eigenvalue weighted by Gasteiger charge is -2.08. The van der Waals surface area contributed by atoms with Crippen LogP contribution in [0.5, 0.6) is 0 Å². The molecule has 0 aliphatic carbocycles. The summed E-state index contributed by atoms with van der Waals surface area (Å²) in [6.07, 6.45) is -0.591. The van der Waals surface area contributed by atoms with Crippen LogP contribution in [0, 0.1) is 0 Å². The molecule has 70 valence electrons. The van der Waals surface area contributed by atoms with E-state index in [9.17, 15) is 9.59 Å². The maximum Gasteiger partial charge on any atom is 0.410 e. The van der Waals surface area contributed by atoms with E-state index in [0.29, 0.717) is 0 Å². The van der Waals surface area contributed by atoms with Gasteiger partial charge in [-0.15, -0.1) is 0 Å². The molecule has 0 atom stereocenters. The Morgan fingerprint density at radius 3 is 2.33 bits per heavy atom. The Bertz CT molecular complexity index is 167. The second kappa shape index (κ2) is 5.40. The third-order valence-electron chi connectivity index (χ3n) is 0.859. The van der Waals surface area contributed by atoms with Crippen LogP contribution in [0.15, 0.2) is 0 Å². The first-order chi connectivity index (χ1) is 5.52. The number of amides is 1. The number of hydrogen-bond acceptors (Lipinski definition) is 4. The van der Waals surface area contributed by atoms with Gasteiger partial charge in [-0.3, -0.25) is 4.79 Å². The molecular weight excluding hydrogens is 162 g/mol. The zero-order chi connectivity index (χ0) is 9.56. The van der Waals surface area contributed by atoms with Crippen molar-refractivity contribution in [3.8, 4) is 0 Å². The van der Waals surface area contributed by atoms with Crippen molar-refractivity contribution in [1.29, 1.82) is 0 Å². The lowest BCUT2D eigenvalue weighted by molar-refractivity contribution is -0.149. The highest BCUT2D eigenvalue weighted by atomic mass is 16.7. The molecule has 0 spiro atoms. The van der Waals surface area contributed by atoms with E-state index in [0.717, 1.165) is 0 Å². The van der Waals surface area contributed by atoms with E-state index in [4.69, 9.17) is 0 Å². The summed E-state index contributed by atoms with van der Waals surface area (Å²) in [6, 6.07) is 0.00910. The normalized spacial score (nSPS) is 9.33.